The minimum Gasteiger partial charge on any atom is -0.481 e. The fraction of sp³-hybridized carbons (Fsp3) is 0.438. The maximum Gasteiger partial charge on any atom is 0.246 e. The molecule has 0 saturated heterocycles. The number of nitrogens with zero attached hydrogens (tertiary/aromatic N) is 5. The summed E-state index contributed by atoms with van der Waals surface area (Å²) < 4.78 is 7.29. The van der Waals surface area contributed by atoms with E-state index in [2.05, 4.69) is 14.9 Å². The average Bonchev–Trinajstić information content (AvgIpc) is 3.02. The van der Waals surface area contributed by atoms with E-state index in [0.29, 0.717) is 19.0 Å². The number of carbonyl (C=O) groups excluding carboxylic acids is 1. The Kier molecular flexibility index (Phi) is 4.29. The summed E-state index contributed by atoms with van der Waals surface area (Å²) in [7, 11) is 5.18. The summed E-state index contributed by atoms with van der Waals surface area (Å²) in [5.41, 5.74) is 2.05. The molecule has 1 amide bonds. The molecule has 3 heterocycles. The van der Waals surface area contributed by atoms with Crippen LogP contribution < -0.4 is 4.74 Å². The molecule has 7 nitrogen and oxygen atoms in total. The second-order valence-electron chi connectivity index (χ2n) is 5.88. The van der Waals surface area contributed by atoms with Gasteiger partial charge in [0.05, 0.1) is 19.1 Å². The van der Waals surface area contributed by atoms with E-state index in [1.165, 1.54) is 0 Å². The van der Waals surface area contributed by atoms with Crippen molar-refractivity contribution in [3.05, 3.63) is 42.1 Å². The van der Waals surface area contributed by atoms with Gasteiger partial charge in [0.2, 0.25) is 11.8 Å². The topological polar surface area (TPSA) is 63.5 Å². The molecular formula is C16H21N5O2. The Morgan fingerprint density at radius 1 is 1.48 bits per heavy atom. The molecule has 3 rings (SSSR count). The van der Waals surface area contributed by atoms with E-state index in [9.17, 15) is 4.79 Å². The number of fused-ring (bicyclic) bond motifs is 1. The van der Waals surface area contributed by atoms with Crippen molar-refractivity contribution in [3.63, 3.8) is 0 Å². The normalized spacial score (nSPS) is 17.6. The van der Waals surface area contributed by atoms with Crippen molar-refractivity contribution in [2.24, 2.45) is 0 Å². The Morgan fingerprint density at radius 2 is 2.30 bits per heavy atom. The van der Waals surface area contributed by atoms with Crippen molar-refractivity contribution in [1.29, 1.82) is 0 Å². The second-order valence-corrected chi connectivity index (χ2v) is 5.88. The smallest absolute Gasteiger partial charge is 0.246 e. The molecule has 1 atom stereocenters. The Morgan fingerprint density at radius 3 is 3.04 bits per heavy atom. The third-order valence-corrected chi connectivity index (χ3v) is 4.06. The lowest BCUT2D eigenvalue weighted by Gasteiger charge is -2.34. The van der Waals surface area contributed by atoms with Gasteiger partial charge in [-0.1, -0.05) is 6.07 Å². The number of aromatic nitrogens is 3. The molecule has 2 aromatic heterocycles. The fourth-order valence-electron chi connectivity index (χ4n) is 2.95. The van der Waals surface area contributed by atoms with Crippen LogP contribution in [0.3, 0.4) is 0 Å². The molecule has 2 aromatic rings. The highest BCUT2D eigenvalue weighted by Gasteiger charge is 2.31. The van der Waals surface area contributed by atoms with E-state index in [-0.39, 0.29) is 11.9 Å². The standard InChI is InChI=1S/C16H21N5O2/c1-19(2)16(22)14-10-20(9-13-7-17-11-21(13)14)8-12-5-4-6-18-15(12)23-3/h4-7,11,14H,8-10H2,1-3H3/t14-/m0/s1. The summed E-state index contributed by atoms with van der Waals surface area (Å²) in [6, 6.07) is 3.65. The zero-order valence-corrected chi connectivity index (χ0v) is 13.6. The molecule has 0 aliphatic carbocycles. The number of hydrogen-bond acceptors (Lipinski definition) is 5. The molecule has 0 unspecified atom stereocenters. The van der Waals surface area contributed by atoms with Gasteiger partial charge in [-0.15, -0.1) is 0 Å². The van der Waals surface area contributed by atoms with Crippen LogP contribution >= 0.6 is 0 Å². The third kappa shape index (κ3) is 3.05. The summed E-state index contributed by atoms with van der Waals surface area (Å²) in [5.74, 6) is 0.703. The van der Waals surface area contributed by atoms with Crippen LogP contribution in [0.2, 0.25) is 0 Å². The largest absolute Gasteiger partial charge is 0.481 e. The van der Waals surface area contributed by atoms with Crippen LogP contribution in [0.1, 0.15) is 17.3 Å². The lowest BCUT2D eigenvalue weighted by atomic mass is 10.1. The molecule has 1 aliphatic rings. The van der Waals surface area contributed by atoms with Crippen LogP contribution in [0.15, 0.2) is 30.9 Å². The average molecular weight is 315 g/mol. The highest BCUT2D eigenvalue weighted by atomic mass is 16.5. The Bertz CT molecular complexity index is 697. The summed E-state index contributed by atoms with van der Waals surface area (Å²) in [5, 5.41) is 0. The molecule has 0 saturated carbocycles. The highest BCUT2D eigenvalue weighted by Crippen LogP contribution is 2.25. The van der Waals surface area contributed by atoms with Gasteiger partial charge in [0, 0.05) is 51.7 Å². The molecule has 0 spiro atoms. The number of pyridine rings is 1. The van der Waals surface area contributed by atoms with Crippen LogP contribution in [0.5, 0.6) is 5.88 Å². The van der Waals surface area contributed by atoms with Crippen molar-refractivity contribution in [3.8, 4) is 5.88 Å². The van der Waals surface area contributed by atoms with E-state index >= 15 is 0 Å². The van der Waals surface area contributed by atoms with Crippen molar-refractivity contribution in [1.82, 2.24) is 24.3 Å². The summed E-state index contributed by atoms with van der Waals surface area (Å²) >= 11 is 0. The molecule has 23 heavy (non-hydrogen) atoms. The molecule has 0 radical (unpaired) electrons. The first-order valence-corrected chi connectivity index (χ1v) is 7.52. The molecular weight excluding hydrogens is 294 g/mol. The number of hydrogen-bond donors (Lipinski definition) is 0. The molecule has 1 aliphatic heterocycles. The van der Waals surface area contributed by atoms with Gasteiger partial charge in [-0.05, 0) is 6.07 Å². The zero-order chi connectivity index (χ0) is 16.4. The minimum atomic E-state index is -0.251. The first-order chi connectivity index (χ1) is 11.1. The summed E-state index contributed by atoms with van der Waals surface area (Å²) in [6.07, 6.45) is 5.28. The Balaban J connectivity index is 1.84. The molecule has 0 bridgehead atoms. The fourth-order valence-corrected chi connectivity index (χ4v) is 2.95. The van der Waals surface area contributed by atoms with E-state index in [1.54, 1.807) is 38.6 Å². The Labute approximate surface area is 135 Å². The van der Waals surface area contributed by atoms with Gasteiger partial charge in [0.15, 0.2) is 0 Å². The molecule has 7 heteroatoms. The lowest BCUT2D eigenvalue weighted by Crippen LogP contribution is -2.43. The minimum absolute atomic E-state index is 0.0760. The molecule has 0 fully saturated rings. The number of carbonyl (C=O) groups is 1. The third-order valence-electron chi connectivity index (χ3n) is 4.06. The van der Waals surface area contributed by atoms with Gasteiger partial charge in [-0.3, -0.25) is 9.69 Å². The quantitative estimate of drug-likeness (QED) is 0.840. The first-order valence-electron chi connectivity index (χ1n) is 7.52. The van der Waals surface area contributed by atoms with Crippen molar-refractivity contribution >= 4 is 5.91 Å². The van der Waals surface area contributed by atoms with Crippen LogP contribution in [-0.2, 0) is 17.9 Å². The number of methoxy groups -OCH3 is 1. The molecule has 122 valence electrons. The van der Waals surface area contributed by atoms with Gasteiger partial charge >= 0.3 is 0 Å². The van der Waals surface area contributed by atoms with Crippen LogP contribution in [0.4, 0.5) is 0 Å². The Hall–Kier alpha value is -2.41. The monoisotopic (exact) mass is 315 g/mol. The summed E-state index contributed by atoms with van der Waals surface area (Å²) in [6.45, 7) is 2.06. The van der Waals surface area contributed by atoms with E-state index in [0.717, 1.165) is 17.8 Å². The van der Waals surface area contributed by atoms with Gasteiger partial charge in [-0.2, -0.15) is 0 Å². The van der Waals surface area contributed by atoms with Crippen LogP contribution in [-0.4, -0.2) is 58.0 Å². The van der Waals surface area contributed by atoms with Crippen molar-refractivity contribution in [2.75, 3.05) is 27.7 Å². The van der Waals surface area contributed by atoms with E-state index in [4.69, 9.17) is 4.74 Å². The number of imidazole rings is 1. The number of rotatable bonds is 4. The predicted molar refractivity (Wildman–Crippen MR) is 84.9 cm³/mol. The van der Waals surface area contributed by atoms with Crippen molar-refractivity contribution in [2.45, 2.75) is 19.1 Å². The number of amides is 1. The first kappa shape index (κ1) is 15.5. The molecule has 0 N–H and O–H groups in total. The summed E-state index contributed by atoms with van der Waals surface area (Å²) in [4.78, 5) is 24.8. The van der Waals surface area contributed by atoms with Crippen molar-refractivity contribution < 1.29 is 9.53 Å². The highest BCUT2D eigenvalue weighted by molar-refractivity contribution is 5.80. The number of likely N-dealkylation sites (N-methyl/N-ethyl adjacent to an activating group) is 1. The van der Waals surface area contributed by atoms with Crippen LogP contribution in [0, 0.1) is 0 Å². The maximum absolute atomic E-state index is 12.5. The van der Waals surface area contributed by atoms with Gasteiger partial charge in [-0.25, -0.2) is 9.97 Å². The predicted octanol–water partition coefficient (Wildman–Crippen LogP) is 0.932. The zero-order valence-electron chi connectivity index (χ0n) is 13.6. The van der Waals surface area contributed by atoms with Gasteiger partial charge in [0.1, 0.15) is 6.04 Å². The van der Waals surface area contributed by atoms with E-state index < -0.39 is 0 Å². The molecule has 0 aromatic carbocycles. The number of ether oxygens (including phenoxy) is 1. The van der Waals surface area contributed by atoms with Crippen LogP contribution in [0.25, 0.3) is 0 Å². The van der Waals surface area contributed by atoms with Gasteiger partial charge in [0.25, 0.3) is 0 Å². The van der Waals surface area contributed by atoms with E-state index in [1.807, 2.05) is 22.9 Å². The SMILES string of the molecule is COc1ncccc1CN1Cc2cncn2[C@H](C(=O)N(C)C)C1. The second kappa shape index (κ2) is 6.37. The van der Waals surface area contributed by atoms with Gasteiger partial charge < -0.3 is 14.2 Å². The lowest BCUT2D eigenvalue weighted by molar-refractivity contribution is -0.133. The maximum atomic E-state index is 12.5.